The van der Waals surface area contributed by atoms with Crippen LogP contribution >= 0.6 is 34.9 Å². The second-order valence-electron chi connectivity index (χ2n) is 7.94. The maximum atomic E-state index is 13.0. The number of carbonyl (C=O) groups is 3. The van der Waals surface area contributed by atoms with E-state index in [1.54, 1.807) is 11.4 Å². The number of anilines is 1. The van der Waals surface area contributed by atoms with Crippen molar-refractivity contribution in [2.75, 3.05) is 24.3 Å². The summed E-state index contributed by atoms with van der Waals surface area (Å²) < 4.78 is 7.58. The maximum absolute atomic E-state index is 13.0. The summed E-state index contributed by atoms with van der Waals surface area (Å²) in [6.07, 6.45) is 3.66. The molecule has 2 aliphatic rings. The SMILES string of the molecule is CO/N=C(/C(=O)NC1C(=O)N2C(C(=O)O)=C(CSc3nc4c[n+](C)ccc4o3)CSC12)c1csc(N)n1. The van der Waals surface area contributed by atoms with Crippen molar-refractivity contribution in [2.45, 2.75) is 16.6 Å². The summed E-state index contributed by atoms with van der Waals surface area (Å²) in [4.78, 5) is 52.4. The monoisotopic (exact) mass is 562 g/mol. The van der Waals surface area contributed by atoms with Crippen molar-refractivity contribution in [3.63, 3.8) is 0 Å². The summed E-state index contributed by atoms with van der Waals surface area (Å²) in [6, 6.07) is 0.867. The number of hydrogen-bond donors (Lipinski definition) is 3. The smallest absolute Gasteiger partial charge is 0.352 e. The van der Waals surface area contributed by atoms with Gasteiger partial charge in [0.25, 0.3) is 17.0 Å². The number of nitrogens with zero attached hydrogens (tertiary/aromatic N) is 5. The fourth-order valence-corrected chi connectivity index (χ4v) is 6.73. The lowest BCUT2D eigenvalue weighted by Gasteiger charge is -2.49. The van der Waals surface area contributed by atoms with Gasteiger partial charge in [-0.2, -0.15) is 4.98 Å². The number of carbonyl (C=O) groups excluding carboxylic acids is 2. The molecule has 3 aromatic rings. The molecular weight excluding hydrogens is 542 g/mol. The lowest BCUT2D eigenvalue weighted by molar-refractivity contribution is -0.670. The molecule has 5 heterocycles. The van der Waals surface area contributed by atoms with Crippen LogP contribution in [-0.4, -0.2) is 73.5 Å². The van der Waals surface area contributed by atoms with Gasteiger partial charge in [0.05, 0.1) is 0 Å². The number of aromatic nitrogens is 3. The Labute approximate surface area is 221 Å². The van der Waals surface area contributed by atoms with E-state index < -0.39 is 29.2 Å². The number of fused-ring (bicyclic) bond motifs is 2. The Bertz CT molecular complexity index is 1480. The molecule has 37 heavy (non-hydrogen) atoms. The minimum atomic E-state index is -1.22. The summed E-state index contributed by atoms with van der Waals surface area (Å²) in [5.74, 6) is -1.81. The van der Waals surface area contributed by atoms with Gasteiger partial charge < -0.3 is 25.4 Å². The Morgan fingerprint density at radius 3 is 2.97 bits per heavy atom. The first-order valence-electron chi connectivity index (χ1n) is 10.7. The van der Waals surface area contributed by atoms with Crippen LogP contribution in [0.5, 0.6) is 0 Å². The van der Waals surface area contributed by atoms with E-state index in [-0.39, 0.29) is 28.0 Å². The van der Waals surface area contributed by atoms with Crippen LogP contribution in [0.2, 0.25) is 0 Å². The highest BCUT2D eigenvalue weighted by molar-refractivity contribution is 8.01. The summed E-state index contributed by atoms with van der Waals surface area (Å²) in [5, 5.41) is 17.9. The van der Waals surface area contributed by atoms with Crippen molar-refractivity contribution in [2.24, 2.45) is 12.2 Å². The van der Waals surface area contributed by atoms with Gasteiger partial charge in [-0.1, -0.05) is 16.9 Å². The number of pyridine rings is 1. The van der Waals surface area contributed by atoms with E-state index in [9.17, 15) is 19.5 Å². The molecule has 1 saturated heterocycles. The molecule has 0 aromatic carbocycles. The van der Waals surface area contributed by atoms with Gasteiger partial charge in [0.15, 0.2) is 34.3 Å². The minimum Gasteiger partial charge on any atom is -0.477 e. The first-order valence-corrected chi connectivity index (χ1v) is 13.6. The molecule has 13 nitrogen and oxygen atoms in total. The van der Waals surface area contributed by atoms with Gasteiger partial charge in [-0.3, -0.25) is 14.5 Å². The van der Waals surface area contributed by atoms with Crippen LogP contribution in [0, 0.1) is 0 Å². The number of β-lactam (4-membered cyclic amide) rings is 1. The highest BCUT2D eigenvalue weighted by Crippen LogP contribution is 2.41. The summed E-state index contributed by atoms with van der Waals surface area (Å²) in [5.41, 5.74) is 7.50. The third-order valence-corrected chi connectivity index (χ3v) is 8.44. The number of oxime groups is 1. The fraction of sp³-hybridized carbons (Fsp3) is 0.286. The normalized spacial score (nSPS) is 19.6. The van der Waals surface area contributed by atoms with Crippen molar-refractivity contribution in [1.29, 1.82) is 0 Å². The number of thiazole rings is 1. The Morgan fingerprint density at radius 2 is 2.27 bits per heavy atom. The van der Waals surface area contributed by atoms with Gasteiger partial charge in [0.2, 0.25) is 0 Å². The number of aryl methyl sites for hydroxylation is 1. The molecule has 5 rings (SSSR count). The molecule has 3 aromatic heterocycles. The summed E-state index contributed by atoms with van der Waals surface area (Å²) in [7, 11) is 3.15. The largest absolute Gasteiger partial charge is 0.477 e. The zero-order valence-corrected chi connectivity index (χ0v) is 21.9. The van der Waals surface area contributed by atoms with E-state index in [1.807, 2.05) is 24.0 Å². The zero-order valence-electron chi connectivity index (χ0n) is 19.4. The molecule has 192 valence electrons. The number of thioether (sulfide) groups is 2. The molecular formula is C21H20N7O6S3+. The molecule has 1 fully saturated rings. The Balaban J connectivity index is 1.31. The van der Waals surface area contributed by atoms with E-state index in [4.69, 9.17) is 15.0 Å². The number of nitrogens with two attached hydrogens (primary N) is 1. The van der Waals surface area contributed by atoms with E-state index in [0.717, 1.165) is 11.3 Å². The predicted molar refractivity (Wildman–Crippen MR) is 136 cm³/mol. The summed E-state index contributed by atoms with van der Waals surface area (Å²) in [6.45, 7) is 0. The molecule has 0 spiro atoms. The van der Waals surface area contributed by atoms with Gasteiger partial charge >= 0.3 is 5.97 Å². The van der Waals surface area contributed by atoms with Crippen LogP contribution in [0.1, 0.15) is 5.69 Å². The first kappa shape index (κ1) is 25.0. The number of nitrogen functional groups attached to an aromatic ring is 1. The summed E-state index contributed by atoms with van der Waals surface area (Å²) >= 11 is 3.74. The number of carboxylic acids is 1. The maximum Gasteiger partial charge on any atom is 0.352 e. The average molecular weight is 563 g/mol. The van der Waals surface area contributed by atoms with Crippen LogP contribution in [0.3, 0.4) is 0 Å². The predicted octanol–water partition coefficient (Wildman–Crippen LogP) is 0.572. The number of amides is 2. The fourth-order valence-electron chi connectivity index (χ4n) is 3.86. The molecule has 4 N–H and O–H groups in total. The van der Waals surface area contributed by atoms with Crippen molar-refractivity contribution in [3.8, 4) is 0 Å². The number of aliphatic carboxylic acids is 1. The van der Waals surface area contributed by atoms with Crippen LogP contribution in [-0.2, 0) is 26.3 Å². The minimum absolute atomic E-state index is 0.0904. The highest BCUT2D eigenvalue weighted by atomic mass is 32.2. The van der Waals surface area contributed by atoms with E-state index in [2.05, 4.69) is 20.4 Å². The molecule has 2 amide bonds. The van der Waals surface area contributed by atoms with Crippen molar-refractivity contribution >= 4 is 74.6 Å². The van der Waals surface area contributed by atoms with Crippen LogP contribution in [0.4, 0.5) is 5.13 Å². The van der Waals surface area contributed by atoms with Gasteiger partial charge in [0, 0.05) is 23.0 Å². The third kappa shape index (κ3) is 4.74. The Hall–Kier alpha value is -3.63. The molecule has 2 atom stereocenters. The van der Waals surface area contributed by atoms with Gasteiger partial charge in [-0.25, -0.2) is 14.3 Å². The Morgan fingerprint density at radius 1 is 1.46 bits per heavy atom. The van der Waals surface area contributed by atoms with Gasteiger partial charge in [-0.05, 0) is 5.57 Å². The number of carboxylic acid groups (broad SMARTS) is 1. The number of oxazole rings is 1. The molecule has 0 aliphatic carbocycles. The van der Waals surface area contributed by atoms with Crippen LogP contribution < -0.4 is 15.6 Å². The second kappa shape index (κ2) is 10.0. The van der Waals surface area contributed by atoms with Crippen molar-refractivity contribution < 1.29 is 33.3 Å². The lowest BCUT2D eigenvalue weighted by atomic mass is 10.0. The van der Waals surface area contributed by atoms with Crippen LogP contribution in [0.15, 0.2) is 49.9 Å². The average Bonchev–Trinajstić information content (AvgIpc) is 3.48. The molecule has 2 aliphatic heterocycles. The van der Waals surface area contributed by atoms with Crippen LogP contribution in [0.25, 0.3) is 11.1 Å². The molecule has 16 heteroatoms. The Kier molecular flexibility index (Phi) is 6.78. The quantitative estimate of drug-likeness (QED) is 0.115. The second-order valence-corrected chi connectivity index (χ2v) is 10.9. The third-order valence-electron chi connectivity index (χ3n) is 5.52. The van der Waals surface area contributed by atoms with E-state index >= 15 is 0 Å². The molecule has 0 bridgehead atoms. The van der Waals surface area contributed by atoms with Crippen molar-refractivity contribution in [1.82, 2.24) is 20.2 Å². The molecule has 0 saturated carbocycles. The van der Waals surface area contributed by atoms with Gasteiger partial charge in [-0.15, -0.1) is 23.1 Å². The van der Waals surface area contributed by atoms with E-state index in [1.165, 1.54) is 35.5 Å². The number of rotatable bonds is 8. The molecule has 2 unspecified atom stereocenters. The number of nitrogens with one attached hydrogen (secondary N) is 1. The zero-order chi connectivity index (χ0) is 26.3. The highest BCUT2D eigenvalue weighted by Gasteiger charge is 2.54. The lowest BCUT2D eigenvalue weighted by Crippen LogP contribution is -2.71. The topological polar surface area (TPSA) is 177 Å². The first-order chi connectivity index (χ1) is 17.8. The number of hydrogen-bond acceptors (Lipinski definition) is 12. The van der Waals surface area contributed by atoms with Gasteiger partial charge in [0.1, 0.15) is 37.0 Å². The van der Waals surface area contributed by atoms with Crippen molar-refractivity contribution in [3.05, 3.63) is 40.8 Å². The standard InChI is InChI=1S/C21H19N7O6S3/c1-27-4-3-12-10(5-27)24-21(34-12)37-7-9-6-35-18-14(17(30)28(18)15(9)19(31)32)25-16(29)13(26-33-2)11-8-36-20(22)23-11/h3-5,8,14,18H,6-7H2,1-2H3,(H3-,22,23,25,29,31,32)/p+1/b26-13+. The molecule has 0 radical (unpaired) electrons. The van der Waals surface area contributed by atoms with E-state index in [0.29, 0.717) is 27.6 Å².